The highest BCUT2D eigenvalue weighted by atomic mass is 16.5. The third-order valence-corrected chi connectivity index (χ3v) is 2.84. The second-order valence-electron chi connectivity index (χ2n) is 5.06. The molecule has 0 radical (unpaired) electrons. The van der Waals surface area contributed by atoms with Crippen molar-refractivity contribution >= 4 is 0 Å². The lowest BCUT2D eigenvalue weighted by Crippen LogP contribution is -2.11. The molecule has 1 atom stereocenters. The van der Waals surface area contributed by atoms with Gasteiger partial charge >= 0.3 is 0 Å². The van der Waals surface area contributed by atoms with Crippen LogP contribution in [-0.4, -0.2) is 11.2 Å². The van der Waals surface area contributed by atoms with Gasteiger partial charge in [0.25, 0.3) is 0 Å². The van der Waals surface area contributed by atoms with Crippen molar-refractivity contribution in [2.24, 2.45) is 5.92 Å². The van der Waals surface area contributed by atoms with E-state index in [0.717, 1.165) is 23.7 Å². The molecule has 0 amide bonds. The average Bonchev–Trinajstić information content (AvgIpc) is 2.29. The van der Waals surface area contributed by atoms with E-state index in [-0.39, 0.29) is 12.7 Å². The van der Waals surface area contributed by atoms with Crippen molar-refractivity contribution in [1.82, 2.24) is 0 Å². The van der Waals surface area contributed by atoms with Gasteiger partial charge in [0.1, 0.15) is 5.75 Å². The first-order valence-corrected chi connectivity index (χ1v) is 6.48. The standard InChI is InChI=1S/C15H24O2/c1-12(2)5-4-6-13(3)17-15-9-7-14(11-16)8-10-15/h7-10,12-13,16H,4-6,11H2,1-3H3. The molecule has 0 bridgehead atoms. The molecular formula is C15H24O2. The quantitative estimate of drug-likeness (QED) is 0.781. The maximum Gasteiger partial charge on any atom is 0.119 e. The van der Waals surface area contributed by atoms with Gasteiger partial charge in [-0.25, -0.2) is 0 Å². The van der Waals surface area contributed by atoms with Crippen molar-refractivity contribution in [3.63, 3.8) is 0 Å². The second kappa shape index (κ2) is 7.33. The fourth-order valence-corrected chi connectivity index (χ4v) is 1.78. The lowest BCUT2D eigenvalue weighted by Gasteiger charge is -2.15. The molecule has 0 saturated carbocycles. The minimum atomic E-state index is 0.0875. The summed E-state index contributed by atoms with van der Waals surface area (Å²) in [6.07, 6.45) is 3.83. The van der Waals surface area contributed by atoms with Gasteiger partial charge in [0, 0.05) is 0 Å². The number of aliphatic hydroxyl groups is 1. The van der Waals surface area contributed by atoms with Crippen LogP contribution >= 0.6 is 0 Å². The Morgan fingerprint density at radius 3 is 2.24 bits per heavy atom. The fraction of sp³-hybridized carbons (Fsp3) is 0.600. The summed E-state index contributed by atoms with van der Waals surface area (Å²) in [5, 5.41) is 8.94. The molecular weight excluding hydrogens is 212 g/mol. The Kier molecular flexibility index (Phi) is 6.06. The molecule has 0 aliphatic heterocycles. The minimum Gasteiger partial charge on any atom is -0.491 e. The molecule has 1 N–H and O–H groups in total. The zero-order valence-corrected chi connectivity index (χ0v) is 11.1. The summed E-state index contributed by atoms with van der Waals surface area (Å²) < 4.78 is 5.81. The third kappa shape index (κ3) is 5.73. The lowest BCUT2D eigenvalue weighted by atomic mass is 10.0. The Hall–Kier alpha value is -1.02. The van der Waals surface area contributed by atoms with Gasteiger partial charge in [-0.05, 0) is 43.4 Å². The van der Waals surface area contributed by atoms with Crippen LogP contribution in [0.4, 0.5) is 0 Å². The van der Waals surface area contributed by atoms with Crippen molar-refractivity contribution < 1.29 is 9.84 Å². The Morgan fingerprint density at radius 2 is 1.71 bits per heavy atom. The van der Waals surface area contributed by atoms with Gasteiger partial charge in [-0.15, -0.1) is 0 Å². The van der Waals surface area contributed by atoms with Crippen molar-refractivity contribution in [3.05, 3.63) is 29.8 Å². The highest BCUT2D eigenvalue weighted by Crippen LogP contribution is 2.17. The molecule has 17 heavy (non-hydrogen) atoms. The van der Waals surface area contributed by atoms with Crippen LogP contribution < -0.4 is 4.74 Å². The van der Waals surface area contributed by atoms with Crippen LogP contribution in [0.2, 0.25) is 0 Å². The second-order valence-corrected chi connectivity index (χ2v) is 5.06. The SMILES string of the molecule is CC(C)CCCC(C)Oc1ccc(CO)cc1. The summed E-state index contributed by atoms with van der Waals surface area (Å²) in [5.74, 6) is 1.66. The number of rotatable bonds is 7. The minimum absolute atomic E-state index is 0.0875. The van der Waals surface area contributed by atoms with Crippen molar-refractivity contribution in [2.45, 2.75) is 52.7 Å². The van der Waals surface area contributed by atoms with Crippen LogP contribution in [0.1, 0.15) is 45.6 Å². The summed E-state index contributed by atoms with van der Waals surface area (Å²) in [7, 11) is 0. The normalized spacial score (nSPS) is 12.8. The molecule has 96 valence electrons. The average molecular weight is 236 g/mol. The van der Waals surface area contributed by atoms with E-state index < -0.39 is 0 Å². The van der Waals surface area contributed by atoms with Gasteiger partial charge in [-0.3, -0.25) is 0 Å². The number of benzene rings is 1. The largest absolute Gasteiger partial charge is 0.491 e. The summed E-state index contributed by atoms with van der Waals surface area (Å²) in [6, 6.07) is 7.64. The highest BCUT2D eigenvalue weighted by Gasteiger charge is 2.04. The smallest absolute Gasteiger partial charge is 0.119 e. The van der Waals surface area contributed by atoms with E-state index in [1.165, 1.54) is 12.8 Å². The Bertz CT molecular complexity index is 303. The maximum atomic E-state index is 8.94. The summed E-state index contributed by atoms with van der Waals surface area (Å²) in [4.78, 5) is 0. The molecule has 0 spiro atoms. The van der Waals surface area contributed by atoms with Crippen LogP contribution in [0.15, 0.2) is 24.3 Å². The van der Waals surface area contributed by atoms with E-state index in [2.05, 4.69) is 20.8 Å². The van der Waals surface area contributed by atoms with Crippen molar-refractivity contribution in [3.8, 4) is 5.75 Å². The van der Waals surface area contributed by atoms with E-state index >= 15 is 0 Å². The van der Waals surface area contributed by atoms with Gasteiger partial charge < -0.3 is 9.84 Å². The van der Waals surface area contributed by atoms with Gasteiger partial charge in [0.15, 0.2) is 0 Å². The molecule has 1 unspecified atom stereocenters. The van der Waals surface area contributed by atoms with Crippen molar-refractivity contribution in [2.75, 3.05) is 0 Å². The number of hydrogen-bond acceptors (Lipinski definition) is 2. The summed E-state index contributed by atoms with van der Waals surface area (Å²) >= 11 is 0. The molecule has 0 aliphatic rings. The zero-order valence-electron chi connectivity index (χ0n) is 11.1. The topological polar surface area (TPSA) is 29.5 Å². The van der Waals surface area contributed by atoms with E-state index in [1.54, 1.807) is 0 Å². The molecule has 2 nitrogen and oxygen atoms in total. The molecule has 2 heteroatoms. The van der Waals surface area contributed by atoms with E-state index in [0.29, 0.717) is 0 Å². The number of ether oxygens (including phenoxy) is 1. The first-order valence-electron chi connectivity index (χ1n) is 6.48. The van der Waals surface area contributed by atoms with Crippen LogP contribution in [0, 0.1) is 5.92 Å². The van der Waals surface area contributed by atoms with E-state index in [1.807, 2.05) is 24.3 Å². The number of aliphatic hydroxyl groups excluding tert-OH is 1. The molecule has 0 heterocycles. The molecule has 0 aliphatic carbocycles. The Labute approximate surface area is 105 Å². The maximum absolute atomic E-state index is 8.94. The first-order chi connectivity index (χ1) is 8.11. The fourth-order valence-electron chi connectivity index (χ4n) is 1.78. The van der Waals surface area contributed by atoms with Crippen LogP contribution in [0.25, 0.3) is 0 Å². The van der Waals surface area contributed by atoms with E-state index in [9.17, 15) is 0 Å². The molecule has 0 saturated heterocycles. The predicted octanol–water partition coefficient (Wildman–Crippen LogP) is 3.77. The Morgan fingerprint density at radius 1 is 1.06 bits per heavy atom. The summed E-state index contributed by atoms with van der Waals surface area (Å²) in [5.41, 5.74) is 0.921. The van der Waals surface area contributed by atoms with Gasteiger partial charge in [0.2, 0.25) is 0 Å². The van der Waals surface area contributed by atoms with Crippen LogP contribution in [0.3, 0.4) is 0 Å². The monoisotopic (exact) mass is 236 g/mol. The summed E-state index contributed by atoms with van der Waals surface area (Å²) in [6.45, 7) is 6.70. The van der Waals surface area contributed by atoms with Crippen molar-refractivity contribution in [1.29, 1.82) is 0 Å². The van der Waals surface area contributed by atoms with Gasteiger partial charge in [-0.1, -0.05) is 32.4 Å². The third-order valence-electron chi connectivity index (χ3n) is 2.84. The molecule has 1 rings (SSSR count). The van der Waals surface area contributed by atoms with Crippen LogP contribution in [0.5, 0.6) is 5.75 Å². The highest BCUT2D eigenvalue weighted by molar-refractivity contribution is 5.26. The van der Waals surface area contributed by atoms with Gasteiger partial charge in [-0.2, -0.15) is 0 Å². The Balaban J connectivity index is 2.31. The molecule has 0 aromatic heterocycles. The molecule has 1 aromatic carbocycles. The van der Waals surface area contributed by atoms with Crippen LogP contribution in [-0.2, 0) is 6.61 Å². The lowest BCUT2D eigenvalue weighted by molar-refractivity contribution is 0.204. The molecule has 0 fully saturated rings. The van der Waals surface area contributed by atoms with E-state index in [4.69, 9.17) is 9.84 Å². The zero-order chi connectivity index (χ0) is 12.7. The molecule has 1 aromatic rings. The predicted molar refractivity (Wildman–Crippen MR) is 71.1 cm³/mol. The van der Waals surface area contributed by atoms with Gasteiger partial charge in [0.05, 0.1) is 12.7 Å². The first kappa shape index (κ1) is 14.0. The number of hydrogen-bond donors (Lipinski definition) is 1.